The molecule has 1 aromatic rings. The Bertz CT molecular complexity index is 501. The van der Waals surface area contributed by atoms with Crippen LogP contribution in [0.15, 0.2) is 24.3 Å². The lowest BCUT2D eigenvalue weighted by Crippen LogP contribution is -2.52. The van der Waals surface area contributed by atoms with Gasteiger partial charge in [0.15, 0.2) is 5.78 Å². The van der Waals surface area contributed by atoms with Crippen molar-refractivity contribution in [2.45, 2.75) is 19.4 Å². The van der Waals surface area contributed by atoms with Gasteiger partial charge in [-0.25, -0.2) is 4.79 Å². The van der Waals surface area contributed by atoms with Crippen molar-refractivity contribution in [3.05, 3.63) is 29.8 Å². The fourth-order valence-corrected chi connectivity index (χ4v) is 2.41. The lowest BCUT2D eigenvalue weighted by Gasteiger charge is -2.31. The fraction of sp³-hybridized carbons (Fsp3) is 0.467. The molecule has 6 heteroatoms. The van der Waals surface area contributed by atoms with Crippen LogP contribution in [0.1, 0.15) is 23.7 Å². The third kappa shape index (κ3) is 4.46. The van der Waals surface area contributed by atoms with Gasteiger partial charge in [-0.15, -0.1) is 0 Å². The van der Waals surface area contributed by atoms with Crippen molar-refractivity contribution in [3.63, 3.8) is 0 Å². The standard InChI is InChI=1S/C15H21N3O3/c1-11(19)12-2-4-13(5-3-12)16-7-6-14-10-18(15(20)21)9-8-17-14/h2-5,14,16-17H,6-10H2,1H3,(H,20,21)/t14-/m1/s1. The number of anilines is 1. The first-order valence-electron chi connectivity index (χ1n) is 7.12. The second-order valence-electron chi connectivity index (χ2n) is 5.23. The molecular weight excluding hydrogens is 270 g/mol. The molecule has 0 radical (unpaired) electrons. The van der Waals surface area contributed by atoms with Gasteiger partial charge in [0.1, 0.15) is 0 Å². The molecule has 1 atom stereocenters. The average molecular weight is 291 g/mol. The maximum absolute atomic E-state index is 11.2. The van der Waals surface area contributed by atoms with Gasteiger partial charge < -0.3 is 20.6 Å². The normalized spacial score (nSPS) is 18.3. The predicted molar refractivity (Wildman–Crippen MR) is 80.9 cm³/mol. The first-order valence-corrected chi connectivity index (χ1v) is 7.12. The van der Waals surface area contributed by atoms with Gasteiger partial charge in [0, 0.05) is 43.5 Å². The van der Waals surface area contributed by atoms with Crippen molar-refractivity contribution < 1.29 is 14.7 Å². The van der Waals surface area contributed by atoms with E-state index < -0.39 is 6.09 Å². The molecule has 1 aromatic carbocycles. The van der Waals surface area contributed by atoms with Crippen LogP contribution in [0.5, 0.6) is 0 Å². The second-order valence-corrected chi connectivity index (χ2v) is 5.23. The van der Waals surface area contributed by atoms with Gasteiger partial charge in [0.05, 0.1) is 0 Å². The Balaban J connectivity index is 1.76. The Morgan fingerprint density at radius 3 is 2.71 bits per heavy atom. The quantitative estimate of drug-likeness (QED) is 0.719. The number of carbonyl (C=O) groups excluding carboxylic acids is 1. The summed E-state index contributed by atoms with van der Waals surface area (Å²) >= 11 is 0. The minimum atomic E-state index is -0.853. The third-order valence-corrected chi connectivity index (χ3v) is 3.64. The van der Waals surface area contributed by atoms with E-state index in [9.17, 15) is 9.59 Å². The zero-order chi connectivity index (χ0) is 15.2. The van der Waals surface area contributed by atoms with E-state index in [-0.39, 0.29) is 11.8 Å². The molecule has 1 aliphatic heterocycles. The molecule has 21 heavy (non-hydrogen) atoms. The summed E-state index contributed by atoms with van der Waals surface area (Å²) in [6, 6.07) is 7.55. The van der Waals surface area contributed by atoms with E-state index in [2.05, 4.69) is 10.6 Å². The van der Waals surface area contributed by atoms with E-state index in [1.165, 1.54) is 4.90 Å². The Morgan fingerprint density at radius 2 is 2.10 bits per heavy atom. The van der Waals surface area contributed by atoms with Crippen LogP contribution in [0.2, 0.25) is 0 Å². The van der Waals surface area contributed by atoms with E-state index >= 15 is 0 Å². The van der Waals surface area contributed by atoms with Crippen molar-refractivity contribution in [1.82, 2.24) is 10.2 Å². The summed E-state index contributed by atoms with van der Waals surface area (Å²) in [5, 5.41) is 15.6. The van der Waals surface area contributed by atoms with E-state index in [0.717, 1.165) is 18.7 Å². The minimum absolute atomic E-state index is 0.0571. The number of nitrogens with one attached hydrogen (secondary N) is 2. The molecule has 0 spiro atoms. The van der Waals surface area contributed by atoms with Crippen LogP contribution in [-0.2, 0) is 0 Å². The lowest BCUT2D eigenvalue weighted by molar-refractivity contribution is 0.101. The SMILES string of the molecule is CC(=O)c1ccc(NCC[C@@H]2CN(C(=O)O)CCN2)cc1. The number of ketones is 1. The molecular formula is C15H21N3O3. The number of amides is 1. The number of rotatable bonds is 5. The second kappa shape index (κ2) is 7.08. The summed E-state index contributed by atoms with van der Waals surface area (Å²) in [7, 11) is 0. The lowest BCUT2D eigenvalue weighted by atomic mass is 10.1. The number of nitrogens with zero attached hydrogens (tertiary/aromatic N) is 1. The topological polar surface area (TPSA) is 81.7 Å². The number of carboxylic acid groups (broad SMARTS) is 1. The van der Waals surface area contributed by atoms with Crippen LogP contribution < -0.4 is 10.6 Å². The van der Waals surface area contributed by atoms with Crippen LogP contribution in [-0.4, -0.2) is 54.1 Å². The number of hydrogen-bond acceptors (Lipinski definition) is 4. The van der Waals surface area contributed by atoms with Gasteiger partial charge in [-0.05, 0) is 37.6 Å². The predicted octanol–water partition coefficient (Wildman–Crippen LogP) is 1.64. The average Bonchev–Trinajstić information content (AvgIpc) is 2.48. The summed E-state index contributed by atoms with van der Waals surface area (Å²) in [5.41, 5.74) is 1.66. The molecule has 114 valence electrons. The maximum atomic E-state index is 11.2. The van der Waals surface area contributed by atoms with Gasteiger partial charge in [0.2, 0.25) is 0 Å². The zero-order valence-corrected chi connectivity index (χ0v) is 12.1. The number of piperazine rings is 1. The third-order valence-electron chi connectivity index (χ3n) is 3.64. The summed E-state index contributed by atoms with van der Waals surface area (Å²) in [4.78, 5) is 23.6. The van der Waals surface area contributed by atoms with Crippen molar-refractivity contribution in [2.24, 2.45) is 0 Å². The molecule has 3 N–H and O–H groups in total. The molecule has 0 bridgehead atoms. The Hall–Kier alpha value is -2.08. The Kier molecular flexibility index (Phi) is 5.16. The highest BCUT2D eigenvalue weighted by Crippen LogP contribution is 2.11. The molecule has 1 aliphatic rings. The molecule has 1 heterocycles. The van der Waals surface area contributed by atoms with Gasteiger partial charge in [-0.1, -0.05) is 0 Å². The summed E-state index contributed by atoms with van der Waals surface area (Å²) in [6.07, 6.45) is -0.00704. The molecule has 2 rings (SSSR count). The van der Waals surface area contributed by atoms with Crippen LogP contribution in [0.25, 0.3) is 0 Å². The van der Waals surface area contributed by atoms with Gasteiger partial charge >= 0.3 is 6.09 Å². The van der Waals surface area contributed by atoms with Gasteiger partial charge in [-0.3, -0.25) is 4.79 Å². The van der Waals surface area contributed by atoms with E-state index in [1.807, 2.05) is 12.1 Å². The molecule has 0 unspecified atom stereocenters. The summed E-state index contributed by atoms with van der Waals surface area (Å²) < 4.78 is 0. The number of hydrogen-bond donors (Lipinski definition) is 3. The largest absolute Gasteiger partial charge is 0.465 e. The fourth-order valence-electron chi connectivity index (χ4n) is 2.41. The van der Waals surface area contributed by atoms with E-state index in [1.54, 1.807) is 19.1 Å². The smallest absolute Gasteiger partial charge is 0.407 e. The molecule has 1 fully saturated rings. The summed E-state index contributed by atoms with van der Waals surface area (Å²) in [6.45, 7) is 4.08. The number of Topliss-reactive ketones (excluding diaryl/α,β-unsaturated/α-hetero) is 1. The van der Waals surface area contributed by atoms with Crippen molar-refractivity contribution in [3.8, 4) is 0 Å². The molecule has 1 amide bonds. The molecule has 0 saturated carbocycles. The van der Waals surface area contributed by atoms with Crippen LogP contribution in [0, 0.1) is 0 Å². The monoisotopic (exact) mass is 291 g/mol. The van der Waals surface area contributed by atoms with E-state index in [4.69, 9.17) is 5.11 Å². The van der Waals surface area contributed by atoms with Crippen LogP contribution in [0.4, 0.5) is 10.5 Å². The highest BCUT2D eigenvalue weighted by atomic mass is 16.4. The first-order chi connectivity index (χ1) is 10.1. The minimum Gasteiger partial charge on any atom is -0.465 e. The number of benzene rings is 1. The van der Waals surface area contributed by atoms with E-state index in [0.29, 0.717) is 25.2 Å². The van der Waals surface area contributed by atoms with Crippen molar-refractivity contribution in [1.29, 1.82) is 0 Å². The van der Waals surface area contributed by atoms with Crippen LogP contribution >= 0.6 is 0 Å². The van der Waals surface area contributed by atoms with Crippen molar-refractivity contribution >= 4 is 17.6 Å². The molecule has 6 nitrogen and oxygen atoms in total. The molecule has 0 aromatic heterocycles. The Morgan fingerprint density at radius 1 is 1.38 bits per heavy atom. The van der Waals surface area contributed by atoms with Gasteiger partial charge in [0.25, 0.3) is 0 Å². The van der Waals surface area contributed by atoms with Crippen molar-refractivity contribution in [2.75, 3.05) is 31.5 Å². The Labute approximate surface area is 124 Å². The molecule has 1 saturated heterocycles. The summed E-state index contributed by atoms with van der Waals surface area (Å²) in [5.74, 6) is 0.0571. The highest BCUT2D eigenvalue weighted by Gasteiger charge is 2.21. The number of carbonyl (C=O) groups is 2. The highest BCUT2D eigenvalue weighted by molar-refractivity contribution is 5.94. The van der Waals surface area contributed by atoms with Crippen LogP contribution in [0.3, 0.4) is 0 Å². The van der Waals surface area contributed by atoms with Gasteiger partial charge in [-0.2, -0.15) is 0 Å². The first kappa shape index (κ1) is 15.3. The molecule has 0 aliphatic carbocycles. The maximum Gasteiger partial charge on any atom is 0.407 e. The zero-order valence-electron chi connectivity index (χ0n) is 12.1.